The monoisotopic (exact) mass is 510 g/mol. The first kappa shape index (κ1) is 23.6. The van der Waals surface area contributed by atoms with Crippen molar-refractivity contribution in [3.05, 3.63) is 105 Å². The third kappa shape index (κ3) is 5.51. The Morgan fingerprint density at radius 1 is 0.882 bits per heavy atom. The lowest BCUT2D eigenvalue weighted by Gasteiger charge is -2.09. The molecule has 0 unspecified atom stereocenters. The van der Waals surface area contributed by atoms with Gasteiger partial charge in [-0.3, -0.25) is 14.9 Å². The van der Waals surface area contributed by atoms with Crippen LogP contribution in [0.5, 0.6) is 0 Å². The van der Waals surface area contributed by atoms with E-state index in [0.29, 0.717) is 26.4 Å². The fraction of sp³-hybridized carbons (Fsp3) is 0.0400. The first-order valence-corrected chi connectivity index (χ1v) is 11.6. The molecule has 0 aliphatic heterocycles. The van der Waals surface area contributed by atoms with E-state index in [1.807, 2.05) is 18.2 Å². The molecule has 0 aliphatic rings. The summed E-state index contributed by atoms with van der Waals surface area (Å²) >= 11 is 13.3. The summed E-state index contributed by atoms with van der Waals surface area (Å²) in [5.41, 5.74) is 1.97. The largest absolute Gasteiger partial charge is 0.452 e. The molecular weight excluding hydrogens is 495 g/mol. The van der Waals surface area contributed by atoms with Crippen LogP contribution in [0.2, 0.25) is 10.0 Å². The molecule has 0 saturated heterocycles. The number of thiazole rings is 1. The van der Waals surface area contributed by atoms with Gasteiger partial charge in [-0.25, -0.2) is 9.78 Å². The van der Waals surface area contributed by atoms with Crippen molar-refractivity contribution >= 4 is 57.3 Å². The Morgan fingerprint density at radius 2 is 1.56 bits per heavy atom. The van der Waals surface area contributed by atoms with Gasteiger partial charge in [0.1, 0.15) is 0 Å². The highest BCUT2D eigenvalue weighted by atomic mass is 35.5. The molecule has 4 aromatic rings. The van der Waals surface area contributed by atoms with Crippen LogP contribution in [0.25, 0.3) is 11.3 Å². The van der Waals surface area contributed by atoms with Crippen molar-refractivity contribution in [3.8, 4) is 11.3 Å². The Hall–Kier alpha value is -3.52. The molecular formula is C25H16Cl2N2O4S. The number of amides is 1. The topological polar surface area (TPSA) is 85.4 Å². The number of halogens is 2. The maximum Gasteiger partial charge on any atom is 0.339 e. The lowest BCUT2D eigenvalue weighted by Crippen LogP contribution is -2.22. The van der Waals surface area contributed by atoms with E-state index in [2.05, 4.69) is 10.3 Å². The summed E-state index contributed by atoms with van der Waals surface area (Å²) in [5, 5.41) is 5.75. The zero-order valence-corrected chi connectivity index (χ0v) is 19.8. The number of hydrogen-bond donors (Lipinski definition) is 1. The molecule has 0 atom stereocenters. The van der Waals surface area contributed by atoms with Crippen LogP contribution in [0.3, 0.4) is 0 Å². The van der Waals surface area contributed by atoms with Crippen molar-refractivity contribution in [2.75, 3.05) is 11.9 Å². The molecule has 0 radical (unpaired) electrons. The number of ether oxygens (including phenoxy) is 1. The lowest BCUT2D eigenvalue weighted by molar-refractivity contribution is -0.119. The van der Waals surface area contributed by atoms with Gasteiger partial charge in [0, 0.05) is 32.1 Å². The number of nitrogens with zero attached hydrogens (tertiary/aromatic N) is 1. The van der Waals surface area contributed by atoms with Crippen LogP contribution in [0, 0.1) is 0 Å². The van der Waals surface area contributed by atoms with Crippen LogP contribution >= 0.6 is 34.5 Å². The van der Waals surface area contributed by atoms with Gasteiger partial charge in [-0.1, -0.05) is 59.6 Å². The molecule has 34 heavy (non-hydrogen) atoms. The van der Waals surface area contributed by atoms with E-state index in [-0.39, 0.29) is 16.9 Å². The van der Waals surface area contributed by atoms with Crippen molar-refractivity contribution in [2.45, 2.75) is 0 Å². The molecule has 170 valence electrons. The fourth-order valence-corrected chi connectivity index (χ4v) is 4.19. The molecule has 1 N–H and O–H groups in total. The van der Waals surface area contributed by atoms with Gasteiger partial charge in [-0.15, -0.1) is 11.3 Å². The second-order valence-corrected chi connectivity index (χ2v) is 8.73. The van der Waals surface area contributed by atoms with Gasteiger partial charge in [0.05, 0.1) is 11.3 Å². The third-order valence-corrected chi connectivity index (χ3v) is 6.07. The van der Waals surface area contributed by atoms with E-state index in [1.165, 1.54) is 23.5 Å². The fourth-order valence-electron chi connectivity index (χ4n) is 3.10. The number of anilines is 1. The van der Waals surface area contributed by atoms with Crippen LogP contribution in [-0.2, 0) is 9.53 Å². The Morgan fingerprint density at radius 3 is 2.29 bits per heavy atom. The summed E-state index contributed by atoms with van der Waals surface area (Å²) in [4.78, 5) is 42.2. The van der Waals surface area contributed by atoms with Gasteiger partial charge >= 0.3 is 5.97 Å². The number of ketones is 1. The third-order valence-electron chi connectivity index (χ3n) is 4.73. The second kappa shape index (κ2) is 10.6. The highest BCUT2D eigenvalue weighted by Gasteiger charge is 2.20. The molecule has 1 aromatic heterocycles. The number of carbonyl (C=O) groups excluding carboxylic acids is 3. The van der Waals surface area contributed by atoms with E-state index < -0.39 is 18.5 Å². The number of carbonyl (C=O) groups is 3. The zero-order valence-electron chi connectivity index (χ0n) is 17.5. The SMILES string of the molecule is O=C(COC(=O)c1ccccc1C(=O)c1ccc(Cl)cc1)Nc1nc(-c2ccccc2Cl)cs1. The minimum absolute atomic E-state index is 0.0607. The summed E-state index contributed by atoms with van der Waals surface area (Å²) in [7, 11) is 0. The lowest BCUT2D eigenvalue weighted by atomic mass is 9.98. The maximum atomic E-state index is 12.9. The number of rotatable bonds is 7. The summed E-state index contributed by atoms with van der Waals surface area (Å²) in [6.45, 7) is -0.538. The van der Waals surface area contributed by atoms with Crippen molar-refractivity contribution in [1.29, 1.82) is 0 Å². The van der Waals surface area contributed by atoms with E-state index in [9.17, 15) is 14.4 Å². The van der Waals surface area contributed by atoms with Crippen molar-refractivity contribution in [1.82, 2.24) is 4.98 Å². The highest BCUT2D eigenvalue weighted by molar-refractivity contribution is 7.14. The van der Waals surface area contributed by atoms with Gasteiger partial charge in [-0.05, 0) is 36.4 Å². The smallest absolute Gasteiger partial charge is 0.339 e. The number of esters is 1. The molecule has 6 nitrogen and oxygen atoms in total. The molecule has 0 aliphatic carbocycles. The minimum Gasteiger partial charge on any atom is -0.452 e. The molecule has 3 aromatic carbocycles. The molecule has 0 saturated carbocycles. The van der Waals surface area contributed by atoms with Gasteiger partial charge < -0.3 is 4.74 Å². The van der Waals surface area contributed by atoms with E-state index in [0.717, 1.165) is 5.56 Å². The Bertz CT molecular complexity index is 1370. The van der Waals surface area contributed by atoms with E-state index in [1.54, 1.807) is 47.8 Å². The second-order valence-electron chi connectivity index (χ2n) is 7.02. The average Bonchev–Trinajstić information content (AvgIpc) is 3.31. The van der Waals surface area contributed by atoms with Crippen molar-refractivity contribution in [3.63, 3.8) is 0 Å². The first-order valence-electron chi connectivity index (χ1n) is 9.99. The van der Waals surface area contributed by atoms with Crippen molar-refractivity contribution in [2.24, 2.45) is 0 Å². The molecule has 0 bridgehead atoms. The van der Waals surface area contributed by atoms with E-state index >= 15 is 0 Å². The highest BCUT2D eigenvalue weighted by Crippen LogP contribution is 2.30. The summed E-state index contributed by atoms with van der Waals surface area (Å²) in [6, 6.07) is 19.8. The maximum absolute atomic E-state index is 12.9. The molecule has 1 amide bonds. The van der Waals surface area contributed by atoms with Gasteiger partial charge in [-0.2, -0.15) is 0 Å². The van der Waals surface area contributed by atoms with Crippen molar-refractivity contribution < 1.29 is 19.1 Å². The quantitative estimate of drug-likeness (QED) is 0.238. The average molecular weight is 511 g/mol. The number of hydrogen-bond acceptors (Lipinski definition) is 6. The number of aromatic nitrogens is 1. The predicted molar refractivity (Wildman–Crippen MR) is 133 cm³/mol. The zero-order chi connectivity index (χ0) is 24.1. The van der Waals surface area contributed by atoms with Gasteiger partial charge in [0.15, 0.2) is 17.5 Å². The standard InChI is InChI=1S/C25H16Cl2N2O4S/c26-16-11-9-15(10-12-16)23(31)17-5-1-2-6-18(17)24(32)33-13-22(30)29-25-28-21(14-34-25)19-7-3-4-8-20(19)27/h1-12,14H,13H2,(H,28,29,30). The Labute approximate surface area is 209 Å². The molecule has 0 fully saturated rings. The normalized spacial score (nSPS) is 10.5. The summed E-state index contributed by atoms with van der Waals surface area (Å²) in [5.74, 6) is -1.71. The van der Waals surface area contributed by atoms with Crippen LogP contribution in [0.1, 0.15) is 26.3 Å². The van der Waals surface area contributed by atoms with E-state index in [4.69, 9.17) is 27.9 Å². The minimum atomic E-state index is -0.788. The number of nitrogens with one attached hydrogen (secondary N) is 1. The summed E-state index contributed by atoms with van der Waals surface area (Å²) < 4.78 is 5.15. The molecule has 9 heteroatoms. The van der Waals surface area contributed by atoms with Gasteiger partial charge in [0.25, 0.3) is 5.91 Å². The molecule has 1 heterocycles. The Balaban J connectivity index is 1.40. The molecule has 4 rings (SSSR count). The first-order chi connectivity index (χ1) is 16.4. The summed E-state index contributed by atoms with van der Waals surface area (Å²) in [6.07, 6.45) is 0. The molecule has 0 spiro atoms. The predicted octanol–water partition coefficient (Wildman–Crippen LogP) is 6.14. The van der Waals surface area contributed by atoms with Crippen LogP contribution in [0.15, 0.2) is 78.2 Å². The van der Waals surface area contributed by atoms with Gasteiger partial charge in [0.2, 0.25) is 0 Å². The van der Waals surface area contributed by atoms with Crippen LogP contribution in [-0.4, -0.2) is 29.3 Å². The van der Waals surface area contributed by atoms with Crippen LogP contribution in [0.4, 0.5) is 5.13 Å². The van der Waals surface area contributed by atoms with Crippen LogP contribution < -0.4 is 5.32 Å². The number of benzene rings is 3. The Kier molecular flexibility index (Phi) is 7.37.